The van der Waals surface area contributed by atoms with Crippen LogP contribution in [0, 0.1) is 5.82 Å². The molecular formula is C31H36FN3O5S. The van der Waals surface area contributed by atoms with Crippen molar-refractivity contribution in [3.63, 3.8) is 0 Å². The number of nitrogens with zero attached hydrogens (tertiary/aromatic N) is 2. The maximum atomic E-state index is 14.1. The Labute approximate surface area is 241 Å². The Morgan fingerprint density at radius 1 is 0.902 bits per heavy atom. The Kier molecular flexibility index (Phi) is 10.0. The second-order valence-electron chi connectivity index (χ2n) is 11.0. The van der Waals surface area contributed by atoms with Gasteiger partial charge in [-0.2, -0.15) is 0 Å². The van der Waals surface area contributed by atoms with Crippen molar-refractivity contribution in [2.75, 3.05) is 17.1 Å². The van der Waals surface area contributed by atoms with Crippen LogP contribution in [0.4, 0.5) is 10.1 Å². The van der Waals surface area contributed by atoms with Crippen LogP contribution in [0.1, 0.15) is 49.2 Å². The van der Waals surface area contributed by atoms with Crippen molar-refractivity contribution < 1.29 is 27.2 Å². The number of anilines is 1. The molecule has 2 amide bonds. The number of carbonyl (C=O) groups excluding carboxylic acids is 3. The standard InChI is InChI=1S/C31H36FN3O5S/c1-22(36)25-12-9-13-27(19-25)35(41(5,39)40)21-29(37)34(20-24-14-16-26(32)17-15-24)28(30(38)33-31(2,3)4)18-23-10-7-6-8-11-23/h6-17,19,28H,18,20-21H2,1-5H3,(H,33,38)/t28-/m1/s1. The monoisotopic (exact) mass is 581 g/mol. The van der Waals surface area contributed by atoms with E-state index in [0.717, 1.165) is 16.1 Å². The minimum atomic E-state index is -3.98. The van der Waals surface area contributed by atoms with Gasteiger partial charge in [0.05, 0.1) is 11.9 Å². The zero-order valence-electron chi connectivity index (χ0n) is 23.9. The van der Waals surface area contributed by atoms with Gasteiger partial charge in [-0.25, -0.2) is 12.8 Å². The maximum Gasteiger partial charge on any atom is 0.244 e. The van der Waals surface area contributed by atoms with Gasteiger partial charge in [0.25, 0.3) is 0 Å². The van der Waals surface area contributed by atoms with Gasteiger partial charge in [-0.05, 0) is 63.1 Å². The summed E-state index contributed by atoms with van der Waals surface area (Å²) in [5.74, 6) is -1.77. The van der Waals surface area contributed by atoms with E-state index in [1.165, 1.54) is 48.2 Å². The highest BCUT2D eigenvalue weighted by Gasteiger charge is 2.34. The molecule has 0 aliphatic rings. The van der Waals surface area contributed by atoms with Crippen molar-refractivity contribution in [2.24, 2.45) is 0 Å². The number of amides is 2. The van der Waals surface area contributed by atoms with Crippen molar-refractivity contribution in [1.82, 2.24) is 10.2 Å². The minimum absolute atomic E-state index is 0.0702. The molecule has 8 nitrogen and oxygen atoms in total. The number of Topliss-reactive ketones (excluding diaryl/α,β-unsaturated/α-hetero) is 1. The zero-order chi connectivity index (χ0) is 30.4. The maximum absolute atomic E-state index is 14.1. The number of hydrogen-bond donors (Lipinski definition) is 1. The molecule has 10 heteroatoms. The quantitative estimate of drug-likeness (QED) is 0.339. The van der Waals surface area contributed by atoms with Gasteiger partial charge in [0.15, 0.2) is 5.78 Å². The average Bonchev–Trinajstić information content (AvgIpc) is 2.89. The van der Waals surface area contributed by atoms with E-state index < -0.39 is 45.8 Å². The van der Waals surface area contributed by atoms with Crippen LogP contribution in [0.3, 0.4) is 0 Å². The second kappa shape index (κ2) is 13.1. The first-order valence-electron chi connectivity index (χ1n) is 13.1. The number of benzene rings is 3. The summed E-state index contributed by atoms with van der Waals surface area (Å²) in [6.07, 6.45) is 1.13. The molecule has 3 rings (SSSR count). The van der Waals surface area contributed by atoms with Gasteiger partial charge in [0, 0.05) is 24.1 Å². The van der Waals surface area contributed by atoms with Crippen molar-refractivity contribution in [3.8, 4) is 0 Å². The molecule has 3 aromatic rings. The lowest BCUT2D eigenvalue weighted by atomic mass is 10.0. The van der Waals surface area contributed by atoms with Gasteiger partial charge in [0.1, 0.15) is 18.4 Å². The third kappa shape index (κ3) is 9.24. The third-order valence-electron chi connectivity index (χ3n) is 6.26. The molecule has 1 N–H and O–H groups in total. The molecule has 0 spiro atoms. The van der Waals surface area contributed by atoms with Gasteiger partial charge in [-0.15, -0.1) is 0 Å². The average molecular weight is 582 g/mol. The predicted molar refractivity (Wildman–Crippen MR) is 157 cm³/mol. The molecule has 0 unspecified atom stereocenters. The molecule has 0 bridgehead atoms. The van der Waals surface area contributed by atoms with Crippen LogP contribution >= 0.6 is 0 Å². The second-order valence-corrected chi connectivity index (χ2v) is 12.9. The van der Waals surface area contributed by atoms with Gasteiger partial charge in [0.2, 0.25) is 21.8 Å². The Hall–Kier alpha value is -4.05. The molecule has 0 radical (unpaired) electrons. The van der Waals surface area contributed by atoms with Crippen LogP contribution in [0.15, 0.2) is 78.9 Å². The van der Waals surface area contributed by atoms with Gasteiger partial charge < -0.3 is 10.2 Å². The molecular weight excluding hydrogens is 545 g/mol. The van der Waals surface area contributed by atoms with Crippen molar-refractivity contribution in [3.05, 3.63) is 101 Å². The molecule has 1 atom stereocenters. The van der Waals surface area contributed by atoms with Crippen molar-refractivity contribution >= 4 is 33.3 Å². The van der Waals surface area contributed by atoms with Crippen LogP contribution in [-0.2, 0) is 32.6 Å². The lowest BCUT2D eigenvalue weighted by Crippen LogP contribution is -2.56. The summed E-state index contributed by atoms with van der Waals surface area (Å²) >= 11 is 0. The lowest BCUT2D eigenvalue weighted by Gasteiger charge is -2.35. The van der Waals surface area contributed by atoms with Crippen LogP contribution < -0.4 is 9.62 Å². The lowest BCUT2D eigenvalue weighted by molar-refractivity contribution is -0.140. The number of halogens is 1. The molecule has 0 aromatic heterocycles. The summed E-state index contributed by atoms with van der Waals surface area (Å²) in [5, 5.41) is 2.94. The Morgan fingerprint density at radius 3 is 2.10 bits per heavy atom. The van der Waals surface area contributed by atoms with E-state index in [2.05, 4.69) is 5.32 Å². The number of nitrogens with one attached hydrogen (secondary N) is 1. The van der Waals surface area contributed by atoms with Crippen LogP contribution in [0.25, 0.3) is 0 Å². The highest BCUT2D eigenvalue weighted by atomic mass is 32.2. The minimum Gasteiger partial charge on any atom is -0.350 e. The Morgan fingerprint density at radius 2 is 1.54 bits per heavy atom. The molecule has 0 heterocycles. The number of carbonyl (C=O) groups is 3. The molecule has 0 aliphatic carbocycles. The first kappa shape index (κ1) is 31.5. The van der Waals surface area contributed by atoms with Crippen LogP contribution in [0.2, 0.25) is 0 Å². The van der Waals surface area contributed by atoms with E-state index in [9.17, 15) is 27.2 Å². The number of hydrogen-bond acceptors (Lipinski definition) is 5. The summed E-state index contributed by atoms with van der Waals surface area (Å²) in [7, 11) is -3.98. The Balaban J connectivity index is 2.09. The van der Waals surface area contributed by atoms with Gasteiger partial charge in [-0.1, -0.05) is 54.6 Å². The fraction of sp³-hybridized carbons (Fsp3) is 0.323. The van der Waals surface area contributed by atoms with Gasteiger partial charge in [-0.3, -0.25) is 18.7 Å². The summed E-state index contributed by atoms with van der Waals surface area (Å²) < 4.78 is 40.4. The van der Waals surface area contributed by atoms with E-state index in [4.69, 9.17) is 0 Å². The van der Waals surface area contributed by atoms with Crippen molar-refractivity contribution in [2.45, 2.75) is 52.2 Å². The summed E-state index contributed by atoms with van der Waals surface area (Å²) in [5.41, 5.74) is 1.19. The summed E-state index contributed by atoms with van der Waals surface area (Å²) in [4.78, 5) is 41.0. The summed E-state index contributed by atoms with van der Waals surface area (Å²) in [6.45, 7) is 6.15. The van der Waals surface area contributed by atoms with E-state index in [1.807, 2.05) is 51.1 Å². The molecule has 0 aliphatic heterocycles. The first-order valence-corrected chi connectivity index (χ1v) is 15.0. The van der Waals surface area contributed by atoms with Crippen LogP contribution in [-0.4, -0.2) is 55.3 Å². The number of rotatable bonds is 11. The largest absolute Gasteiger partial charge is 0.350 e. The first-order chi connectivity index (χ1) is 19.1. The topological polar surface area (TPSA) is 104 Å². The molecule has 3 aromatic carbocycles. The SMILES string of the molecule is CC(=O)c1cccc(N(CC(=O)N(Cc2ccc(F)cc2)[C@H](Cc2ccccc2)C(=O)NC(C)(C)C)S(C)(=O)=O)c1. The normalized spacial score (nSPS) is 12.3. The van der Waals surface area contributed by atoms with E-state index in [0.29, 0.717) is 11.1 Å². The fourth-order valence-corrected chi connectivity index (χ4v) is 5.13. The fourth-order valence-electron chi connectivity index (χ4n) is 4.29. The van der Waals surface area contributed by atoms with Crippen molar-refractivity contribution in [1.29, 1.82) is 0 Å². The van der Waals surface area contributed by atoms with E-state index in [-0.39, 0.29) is 24.4 Å². The third-order valence-corrected chi connectivity index (χ3v) is 7.40. The highest BCUT2D eigenvalue weighted by molar-refractivity contribution is 7.92. The highest BCUT2D eigenvalue weighted by Crippen LogP contribution is 2.22. The van der Waals surface area contributed by atoms with Crippen LogP contribution in [0.5, 0.6) is 0 Å². The smallest absolute Gasteiger partial charge is 0.244 e. The number of sulfonamides is 1. The molecule has 41 heavy (non-hydrogen) atoms. The van der Waals surface area contributed by atoms with Gasteiger partial charge >= 0.3 is 0 Å². The number of ketones is 1. The molecule has 0 saturated carbocycles. The molecule has 0 fully saturated rings. The Bertz CT molecular complexity index is 1490. The predicted octanol–water partition coefficient (Wildman–Crippen LogP) is 4.35. The van der Waals surface area contributed by atoms with E-state index in [1.54, 1.807) is 12.1 Å². The molecule has 0 saturated heterocycles. The molecule has 218 valence electrons. The van der Waals surface area contributed by atoms with E-state index >= 15 is 0 Å². The summed E-state index contributed by atoms with van der Waals surface area (Å²) in [6, 6.07) is 19.7. The zero-order valence-corrected chi connectivity index (χ0v) is 24.7.